The number of hydrogen-bond donors (Lipinski definition) is 1. The Hall–Kier alpha value is -2.05. The third-order valence-electron chi connectivity index (χ3n) is 2.98. The van der Waals surface area contributed by atoms with Gasteiger partial charge < -0.3 is 0 Å². The van der Waals surface area contributed by atoms with Crippen LogP contribution in [0.3, 0.4) is 0 Å². The number of aromatic nitrogens is 1. The highest BCUT2D eigenvalue weighted by Crippen LogP contribution is 2.13. The van der Waals surface area contributed by atoms with E-state index in [1.165, 1.54) is 12.1 Å². The summed E-state index contributed by atoms with van der Waals surface area (Å²) in [6, 6.07) is 9.58. The van der Waals surface area contributed by atoms with E-state index in [1.54, 1.807) is 43.6 Å². The van der Waals surface area contributed by atoms with Gasteiger partial charge in [0.1, 0.15) is 0 Å². The molecule has 0 radical (unpaired) electrons. The van der Waals surface area contributed by atoms with Crippen LogP contribution in [0.2, 0.25) is 0 Å². The van der Waals surface area contributed by atoms with E-state index >= 15 is 0 Å². The zero-order valence-electron chi connectivity index (χ0n) is 11.6. The predicted octanol–water partition coefficient (Wildman–Crippen LogP) is 2.15. The van der Waals surface area contributed by atoms with Crippen LogP contribution >= 0.6 is 0 Å². The number of nitrogens with one attached hydrogen (secondary N) is 1. The van der Waals surface area contributed by atoms with Gasteiger partial charge in [-0.2, -0.15) is 0 Å². The molecule has 0 spiro atoms. The largest absolute Gasteiger partial charge is 0.294 e. The molecule has 0 bridgehead atoms. The zero-order valence-corrected chi connectivity index (χ0v) is 12.4. The Bertz CT molecular complexity index is 728. The van der Waals surface area contributed by atoms with Crippen molar-refractivity contribution in [1.82, 2.24) is 9.71 Å². The molecule has 2 aromatic rings. The van der Waals surface area contributed by atoms with E-state index in [4.69, 9.17) is 0 Å². The minimum Gasteiger partial charge on any atom is -0.294 e. The van der Waals surface area contributed by atoms with Crippen molar-refractivity contribution in [3.8, 4) is 0 Å². The molecule has 110 valence electrons. The molecule has 1 heterocycles. The second-order valence-corrected chi connectivity index (χ2v) is 6.26. The summed E-state index contributed by atoms with van der Waals surface area (Å²) in [6.45, 7) is 1.90. The molecule has 0 aliphatic heterocycles. The van der Waals surface area contributed by atoms with Crippen molar-refractivity contribution in [3.63, 3.8) is 0 Å². The lowest BCUT2D eigenvalue weighted by Crippen LogP contribution is -2.23. The molecule has 0 aliphatic rings. The van der Waals surface area contributed by atoms with Gasteiger partial charge in [-0.1, -0.05) is 25.1 Å². The van der Waals surface area contributed by atoms with Crippen molar-refractivity contribution in [2.75, 3.05) is 0 Å². The molecule has 1 N–H and O–H groups in total. The Morgan fingerprint density at radius 3 is 2.71 bits per heavy atom. The number of pyridine rings is 1. The lowest BCUT2D eigenvalue weighted by atomic mass is 10.1. The topological polar surface area (TPSA) is 76.1 Å². The molecule has 5 nitrogen and oxygen atoms in total. The summed E-state index contributed by atoms with van der Waals surface area (Å²) in [6.07, 6.45) is 3.56. The average Bonchev–Trinajstić information content (AvgIpc) is 2.53. The van der Waals surface area contributed by atoms with Crippen LogP contribution in [0.25, 0.3) is 0 Å². The molecule has 1 aromatic heterocycles. The molecular formula is C15H16N2O3S. The van der Waals surface area contributed by atoms with Crippen molar-refractivity contribution in [2.24, 2.45) is 0 Å². The van der Waals surface area contributed by atoms with E-state index in [0.717, 1.165) is 5.56 Å². The second-order valence-electron chi connectivity index (χ2n) is 4.49. The normalized spacial score (nSPS) is 11.3. The van der Waals surface area contributed by atoms with E-state index < -0.39 is 10.0 Å². The number of hydrogen-bond acceptors (Lipinski definition) is 4. The van der Waals surface area contributed by atoms with Crippen LogP contribution in [0.1, 0.15) is 29.3 Å². The van der Waals surface area contributed by atoms with Gasteiger partial charge in [-0.05, 0) is 23.8 Å². The summed E-state index contributed by atoms with van der Waals surface area (Å²) in [5, 5.41) is 0. The van der Waals surface area contributed by atoms with Gasteiger partial charge in [0.15, 0.2) is 5.78 Å². The fourth-order valence-electron chi connectivity index (χ4n) is 1.81. The quantitative estimate of drug-likeness (QED) is 0.830. The van der Waals surface area contributed by atoms with E-state index in [9.17, 15) is 13.2 Å². The fraction of sp³-hybridized carbons (Fsp3) is 0.200. The Morgan fingerprint density at radius 1 is 1.24 bits per heavy atom. The maximum atomic E-state index is 12.2. The van der Waals surface area contributed by atoms with Gasteiger partial charge in [-0.3, -0.25) is 9.78 Å². The third kappa shape index (κ3) is 3.96. The number of Topliss-reactive ketones (excluding diaryl/α,β-unsaturated/α-hetero) is 1. The molecule has 1 aromatic carbocycles. The van der Waals surface area contributed by atoms with Crippen molar-refractivity contribution < 1.29 is 13.2 Å². The van der Waals surface area contributed by atoms with Crippen LogP contribution in [0, 0.1) is 0 Å². The number of ketones is 1. The van der Waals surface area contributed by atoms with Crippen LogP contribution in [0.15, 0.2) is 53.7 Å². The van der Waals surface area contributed by atoms with Crippen LogP contribution in [0.4, 0.5) is 0 Å². The smallest absolute Gasteiger partial charge is 0.240 e. The fourth-order valence-corrected chi connectivity index (χ4v) is 2.87. The maximum Gasteiger partial charge on any atom is 0.240 e. The van der Waals surface area contributed by atoms with Gasteiger partial charge in [0, 0.05) is 30.9 Å². The van der Waals surface area contributed by atoms with Gasteiger partial charge in [-0.15, -0.1) is 0 Å². The number of benzene rings is 1. The van der Waals surface area contributed by atoms with Crippen molar-refractivity contribution in [1.29, 1.82) is 0 Å². The maximum absolute atomic E-state index is 12.2. The minimum atomic E-state index is -3.65. The Kier molecular flexibility index (Phi) is 4.82. The first-order valence-electron chi connectivity index (χ1n) is 6.55. The van der Waals surface area contributed by atoms with Crippen LogP contribution in [-0.2, 0) is 16.6 Å². The van der Waals surface area contributed by atoms with Crippen LogP contribution in [0.5, 0.6) is 0 Å². The first kappa shape index (κ1) is 15.3. The predicted molar refractivity (Wildman–Crippen MR) is 79.3 cm³/mol. The van der Waals surface area contributed by atoms with Gasteiger partial charge in [0.25, 0.3) is 0 Å². The van der Waals surface area contributed by atoms with Crippen molar-refractivity contribution in [3.05, 3.63) is 59.9 Å². The third-order valence-corrected chi connectivity index (χ3v) is 4.38. The van der Waals surface area contributed by atoms with Gasteiger partial charge in [-0.25, -0.2) is 13.1 Å². The first-order valence-corrected chi connectivity index (χ1v) is 8.03. The summed E-state index contributed by atoms with van der Waals surface area (Å²) in [4.78, 5) is 15.7. The van der Waals surface area contributed by atoms with Crippen LogP contribution < -0.4 is 4.72 Å². The molecule has 0 unspecified atom stereocenters. The minimum absolute atomic E-state index is 0.0840. The molecule has 0 atom stereocenters. The highest BCUT2D eigenvalue weighted by molar-refractivity contribution is 7.89. The van der Waals surface area contributed by atoms with E-state index in [2.05, 4.69) is 9.71 Å². The van der Waals surface area contributed by atoms with Crippen LogP contribution in [-0.4, -0.2) is 19.2 Å². The highest BCUT2D eigenvalue weighted by atomic mass is 32.2. The SMILES string of the molecule is CCC(=O)c1cccc(S(=O)(=O)NCc2cccnc2)c1. The summed E-state index contributed by atoms with van der Waals surface area (Å²) in [5.41, 5.74) is 1.17. The Labute approximate surface area is 124 Å². The Morgan fingerprint density at radius 2 is 2.05 bits per heavy atom. The molecule has 0 amide bonds. The lowest BCUT2D eigenvalue weighted by molar-refractivity contribution is 0.0988. The van der Waals surface area contributed by atoms with Crippen molar-refractivity contribution >= 4 is 15.8 Å². The molecule has 0 saturated carbocycles. The van der Waals surface area contributed by atoms with E-state index in [1.807, 2.05) is 0 Å². The summed E-state index contributed by atoms with van der Waals surface area (Å²) in [7, 11) is -3.65. The molecule has 0 aliphatic carbocycles. The molecule has 0 fully saturated rings. The molecule has 6 heteroatoms. The molecule has 2 rings (SSSR count). The van der Waals surface area contributed by atoms with Gasteiger partial charge in [0.2, 0.25) is 10.0 Å². The molecular weight excluding hydrogens is 288 g/mol. The zero-order chi connectivity index (χ0) is 15.3. The Balaban J connectivity index is 2.18. The number of rotatable bonds is 6. The van der Waals surface area contributed by atoms with Crippen molar-refractivity contribution in [2.45, 2.75) is 24.8 Å². The number of carbonyl (C=O) groups excluding carboxylic acids is 1. The average molecular weight is 304 g/mol. The van der Waals surface area contributed by atoms with Gasteiger partial charge in [0.05, 0.1) is 4.90 Å². The molecule has 21 heavy (non-hydrogen) atoms. The van der Waals surface area contributed by atoms with E-state index in [0.29, 0.717) is 12.0 Å². The van der Waals surface area contributed by atoms with Gasteiger partial charge >= 0.3 is 0 Å². The monoisotopic (exact) mass is 304 g/mol. The number of sulfonamides is 1. The highest BCUT2D eigenvalue weighted by Gasteiger charge is 2.15. The summed E-state index contributed by atoms with van der Waals surface area (Å²) < 4.78 is 26.9. The summed E-state index contributed by atoms with van der Waals surface area (Å²) >= 11 is 0. The number of nitrogens with zero attached hydrogens (tertiary/aromatic N) is 1. The molecule has 0 saturated heterocycles. The second kappa shape index (κ2) is 6.60. The number of carbonyl (C=O) groups is 1. The lowest BCUT2D eigenvalue weighted by Gasteiger charge is -2.08. The summed E-state index contributed by atoms with van der Waals surface area (Å²) in [5.74, 6) is -0.0840. The van der Waals surface area contributed by atoms with E-state index in [-0.39, 0.29) is 17.2 Å². The standard InChI is InChI=1S/C15H16N2O3S/c1-2-15(18)13-6-3-7-14(9-13)21(19,20)17-11-12-5-4-8-16-10-12/h3-10,17H,2,11H2,1H3. The first-order chi connectivity index (χ1) is 10.0.